The van der Waals surface area contributed by atoms with E-state index >= 15 is 0 Å². The van der Waals surface area contributed by atoms with Crippen LogP contribution in [0.25, 0.3) is 0 Å². The molecule has 2 nitrogen and oxygen atoms in total. The Morgan fingerprint density at radius 1 is 1.55 bits per heavy atom. The van der Waals surface area contributed by atoms with Crippen molar-refractivity contribution in [2.24, 2.45) is 0 Å². The zero-order valence-electron chi connectivity index (χ0n) is 6.17. The summed E-state index contributed by atoms with van der Waals surface area (Å²) in [5, 5.41) is 0.469. The van der Waals surface area contributed by atoms with Gasteiger partial charge in [-0.2, -0.15) is 0 Å². The van der Waals surface area contributed by atoms with Crippen molar-refractivity contribution in [1.29, 1.82) is 0 Å². The lowest BCUT2D eigenvalue weighted by atomic mass is 10.3. The van der Waals surface area contributed by atoms with E-state index in [1.54, 1.807) is 6.07 Å². The molecule has 62 valence electrons. The molecule has 0 saturated heterocycles. The molecule has 4 heteroatoms. The molecule has 0 unspecified atom stereocenters. The van der Waals surface area contributed by atoms with Crippen LogP contribution < -0.4 is 5.73 Å². The van der Waals surface area contributed by atoms with Crippen LogP contribution in [0.15, 0.2) is 12.1 Å². The molecule has 0 amide bonds. The molecule has 1 heterocycles. The average molecular weight is 193 g/mol. The number of nitrogens with two attached hydrogens (primary N) is 1. The molecule has 0 radical (unpaired) electrons. The summed E-state index contributed by atoms with van der Waals surface area (Å²) in [6.45, 7) is 2.01. The van der Waals surface area contributed by atoms with Gasteiger partial charge in [-0.1, -0.05) is 18.5 Å². The maximum Gasteiger partial charge on any atom is 0.131 e. The Morgan fingerprint density at radius 3 is 2.64 bits per heavy atom. The van der Waals surface area contributed by atoms with E-state index in [-0.39, 0.29) is 12.4 Å². The van der Waals surface area contributed by atoms with Crippen LogP contribution >= 0.6 is 24.0 Å². The lowest BCUT2D eigenvalue weighted by Gasteiger charge is -1.97. The van der Waals surface area contributed by atoms with Crippen molar-refractivity contribution in [3.8, 4) is 0 Å². The van der Waals surface area contributed by atoms with Gasteiger partial charge in [0.25, 0.3) is 0 Å². The van der Waals surface area contributed by atoms with E-state index in [1.807, 2.05) is 13.0 Å². The van der Waals surface area contributed by atoms with Crippen molar-refractivity contribution >= 4 is 29.7 Å². The Labute approximate surface area is 77.2 Å². The van der Waals surface area contributed by atoms with Crippen molar-refractivity contribution in [3.63, 3.8) is 0 Å². The molecule has 0 aliphatic heterocycles. The molecule has 1 rings (SSSR count). The molecule has 2 N–H and O–H groups in total. The molecule has 0 bridgehead atoms. The van der Waals surface area contributed by atoms with Crippen LogP contribution in [0.4, 0.5) is 5.69 Å². The van der Waals surface area contributed by atoms with Gasteiger partial charge in [-0.25, -0.2) is 4.98 Å². The molecular weight excluding hydrogens is 183 g/mol. The van der Waals surface area contributed by atoms with Gasteiger partial charge in [0.1, 0.15) is 5.15 Å². The normalized spacial score (nSPS) is 8.91. The maximum absolute atomic E-state index is 5.64. The first kappa shape index (κ1) is 10.5. The third-order valence-corrected chi connectivity index (χ3v) is 1.43. The third-order valence-electron chi connectivity index (χ3n) is 1.23. The van der Waals surface area contributed by atoms with Crippen LogP contribution in [0.5, 0.6) is 0 Å². The Hall–Kier alpha value is -0.470. The van der Waals surface area contributed by atoms with E-state index in [1.165, 1.54) is 0 Å². The van der Waals surface area contributed by atoms with Gasteiger partial charge in [0.15, 0.2) is 0 Å². The van der Waals surface area contributed by atoms with Crippen molar-refractivity contribution in [1.82, 2.24) is 4.98 Å². The summed E-state index contributed by atoms with van der Waals surface area (Å²) in [5.74, 6) is 0. The number of rotatable bonds is 1. The van der Waals surface area contributed by atoms with E-state index in [2.05, 4.69) is 4.98 Å². The van der Waals surface area contributed by atoms with Gasteiger partial charge < -0.3 is 5.73 Å². The zero-order chi connectivity index (χ0) is 7.56. The SMILES string of the molecule is CCc1cc(N)cc(Cl)n1.Cl. The fourth-order valence-corrected chi connectivity index (χ4v) is 0.989. The summed E-state index contributed by atoms with van der Waals surface area (Å²) in [6, 6.07) is 3.46. The van der Waals surface area contributed by atoms with Gasteiger partial charge in [-0.15, -0.1) is 12.4 Å². The molecule has 0 atom stereocenters. The molecule has 1 aromatic heterocycles. The van der Waals surface area contributed by atoms with Gasteiger partial charge in [-0.05, 0) is 18.6 Å². The number of aromatic nitrogens is 1. The number of pyridine rings is 1. The lowest BCUT2D eigenvalue weighted by molar-refractivity contribution is 1.04. The fourth-order valence-electron chi connectivity index (χ4n) is 0.754. The Morgan fingerprint density at radius 2 is 2.18 bits per heavy atom. The molecule has 0 aliphatic rings. The number of nitrogens with zero attached hydrogens (tertiary/aromatic N) is 1. The van der Waals surface area contributed by atoms with E-state index in [4.69, 9.17) is 17.3 Å². The molecule has 0 saturated carbocycles. The van der Waals surface area contributed by atoms with Crippen molar-refractivity contribution in [3.05, 3.63) is 23.0 Å². The highest BCUT2D eigenvalue weighted by molar-refractivity contribution is 6.29. The maximum atomic E-state index is 5.64. The first-order chi connectivity index (χ1) is 4.72. The van der Waals surface area contributed by atoms with Gasteiger partial charge in [0, 0.05) is 11.4 Å². The molecule has 0 spiro atoms. The number of anilines is 1. The van der Waals surface area contributed by atoms with Crippen LogP contribution in [0.1, 0.15) is 12.6 Å². The molecular formula is C7H10Cl2N2. The lowest BCUT2D eigenvalue weighted by Crippen LogP contribution is -1.91. The van der Waals surface area contributed by atoms with Gasteiger partial charge >= 0.3 is 0 Å². The van der Waals surface area contributed by atoms with E-state index in [0.717, 1.165) is 12.1 Å². The number of halogens is 2. The van der Waals surface area contributed by atoms with E-state index in [0.29, 0.717) is 10.8 Å². The van der Waals surface area contributed by atoms with Crippen molar-refractivity contribution < 1.29 is 0 Å². The zero-order valence-corrected chi connectivity index (χ0v) is 7.75. The Balaban J connectivity index is 0.000001000. The molecule has 11 heavy (non-hydrogen) atoms. The van der Waals surface area contributed by atoms with Gasteiger partial charge in [0.2, 0.25) is 0 Å². The minimum Gasteiger partial charge on any atom is -0.399 e. The summed E-state index contributed by atoms with van der Waals surface area (Å²) in [5.41, 5.74) is 7.12. The minimum atomic E-state index is 0. The minimum absolute atomic E-state index is 0. The number of nitrogen functional groups attached to an aromatic ring is 1. The molecule has 0 aliphatic carbocycles. The summed E-state index contributed by atoms with van der Waals surface area (Å²) < 4.78 is 0. The quantitative estimate of drug-likeness (QED) is 0.695. The molecule has 1 aromatic rings. The number of hydrogen-bond donors (Lipinski definition) is 1. The predicted molar refractivity (Wildman–Crippen MR) is 50.3 cm³/mol. The summed E-state index contributed by atoms with van der Waals surface area (Å²) in [6.07, 6.45) is 0.866. The van der Waals surface area contributed by atoms with Crippen LogP contribution in [0.3, 0.4) is 0 Å². The van der Waals surface area contributed by atoms with Crippen LogP contribution in [0.2, 0.25) is 5.15 Å². The van der Waals surface area contributed by atoms with Gasteiger partial charge in [0.05, 0.1) is 0 Å². The topological polar surface area (TPSA) is 38.9 Å². The largest absolute Gasteiger partial charge is 0.399 e. The fraction of sp³-hybridized carbons (Fsp3) is 0.286. The van der Waals surface area contributed by atoms with Crippen LogP contribution in [-0.4, -0.2) is 4.98 Å². The highest BCUT2D eigenvalue weighted by Gasteiger charge is 1.94. The van der Waals surface area contributed by atoms with Crippen LogP contribution in [0, 0.1) is 0 Å². The molecule has 0 fully saturated rings. The van der Waals surface area contributed by atoms with Crippen molar-refractivity contribution in [2.45, 2.75) is 13.3 Å². The second-order valence-electron chi connectivity index (χ2n) is 2.07. The van der Waals surface area contributed by atoms with E-state index in [9.17, 15) is 0 Å². The molecule has 0 aromatic carbocycles. The highest BCUT2D eigenvalue weighted by atomic mass is 35.5. The number of aryl methyl sites for hydroxylation is 1. The average Bonchev–Trinajstić information content (AvgIpc) is 1.85. The second-order valence-corrected chi connectivity index (χ2v) is 2.46. The Kier molecular flexibility index (Phi) is 4.23. The summed E-state index contributed by atoms with van der Waals surface area (Å²) in [7, 11) is 0. The monoisotopic (exact) mass is 192 g/mol. The number of hydrogen-bond acceptors (Lipinski definition) is 2. The smallest absolute Gasteiger partial charge is 0.131 e. The first-order valence-electron chi connectivity index (χ1n) is 3.14. The van der Waals surface area contributed by atoms with Crippen LogP contribution in [-0.2, 0) is 6.42 Å². The van der Waals surface area contributed by atoms with E-state index < -0.39 is 0 Å². The third kappa shape index (κ3) is 2.95. The summed E-state index contributed by atoms with van der Waals surface area (Å²) in [4.78, 5) is 4.04. The van der Waals surface area contributed by atoms with Gasteiger partial charge in [-0.3, -0.25) is 0 Å². The Bertz CT molecular complexity index is 218. The highest BCUT2D eigenvalue weighted by Crippen LogP contribution is 2.11. The predicted octanol–water partition coefficient (Wildman–Crippen LogP) is 2.30. The summed E-state index contributed by atoms with van der Waals surface area (Å²) >= 11 is 5.64. The van der Waals surface area contributed by atoms with Crippen molar-refractivity contribution in [2.75, 3.05) is 5.73 Å². The standard InChI is InChI=1S/C7H9ClN2.ClH/c1-2-6-3-5(9)4-7(8)10-6;/h3-4H,2H2,1H3,(H2,9,10);1H. The first-order valence-corrected chi connectivity index (χ1v) is 3.52. The second kappa shape index (κ2) is 4.42.